The first-order valence-corrected chi connectivity index (χ1v) is 11.2. The Morgan fingerprint density at radius 3 is 2.76 bits per heavy atom. The molecule has 0 saturated heterocycles. The van der Waals surface area contributed by atoms with Crippen molar-refractivity contribution in [2.75, 3.05) is 18.8 Å². The summed E-state index contributed by atoms with van der Waals surface area (Å²) in [6.45, 7) is 1.24. The Morgan fingerprint density at radius 2 is 2.00 bits per heavy atom. The van der Waals surface area contributed by atoms with Crippen molar-refractivity contribution >= 4 is 35.0 Å². The lowest BCUT2D eigenvalue weighted by Crippen LogP contribution is -2.43. The molecule has 2 rings (SSSR count). The second kappa shape index (κ2) is 12.2. The number of carbonyl (C=O) groups excluding carboxylic acids is 2. The first-order valence-electron chi connectivity index (χ1n) is 9.14. The van der Waals surface area contributed by atoms with Crippen LogP contribution < -0.4 is 16.0 Å². The van der Waals surface area contributed by atoms with Crippen molar-refractivity contribution in [3.63, 3.8) is 0 Å². The van der Waals surface area contributed by atoms with Crippen molar-refractivity contribution in [1.29, 1.82) is 0 Å². The molecule has 25 heavy (non-hydrogen) atoms. The van der Waals surface area contributed by atoms with Gasteiger partial charge in [-0.3, -0.25) is 4.79 Å². The fourth-order valence-corrected chi connectivity index (χ4v) is 4.43. The van der Waals surface area contributed by atoms with Gasteiger partial charge in [-0.1, -0.05) is 19.3 Å². The van der Waals surface area contributed by atoms with Gasteiger partial charge < -0.3 is 16.0 Å². The highest BCUT2D eigenvalue weighted by Gasteiger charge is 2.15. The smallest absolute Gasteiger partial charge is 0.315 e. The summed E-state index contributed by atoms with van der Waals surface area (Å²) in [4.78, 5) is 23.5. The molecule has 0 aromatic carbocycles. The van der Waals surface area contributed by atoms with Crippen LogP contribution in [0.1, 0.15) is 50.5 Å². The van der Waals surface area contributed by atoms with Crippen LogP contribution in [0.25, 0.3) is 0 Å². The molecule has 0 atom stereocenters. The minimum absolute atomic E-state index is 0.0608. The van der Waals surface area contributed by atoms with Gasteiger partial charge in [-0.05, 0) is 41.7 Å². The standard InChI is InChI=1S/C18H29N3O2S2/c22-17(19-10-12-25-14-15-8-11-24-13-15)7-4-9-20-18(23)21-16-5-2-1-3-6-16/h8,11,13,16H,1-7,9-10,12,14H2,(H,19,22)(H2,20,21,23). The summed E-state index contributed by atoms with van der Waals surface area (Å²) in [5.41, 5.74) is 1.35. The first-order chi connectivity index (χ1) is 12.2. The predicted octanol–water partition coefficient (Wildman–Crippen LogP) is 3.51. The highest BCUT2D eigenvalue weighted by molar-refractivity contribution is 7.98. The van der Waals surface area contributed by atoms with Crippen LogP contribution in [0.4, 0.5) is 4.79 Å². The van der Waals surface area contributed by atoms with E-state index in [1.807, 2.05) is 11.8 Å². The number of nitrogens with one attached hydrogen (secondary N) is 3. The van der Waals surface area contributed by atoms with Crippen LogP contribution in [0.2, 0.25) is 0 Å². The van der Waals surface area contributed by atoms with E-state index in [1.165, 1.54) is 24.8 Å². The maximum absolute atomic E-state index is 11.8. The van der Waals surface area contributed by atoms with Gasteiger partial charge in [0.2, 0.25) is 5.91 Å². The number of hydrogen-bond donors (Lipinski definition) is 3. The van der Waals surface area contributed by atoms with Gasteiger partial charge in [-0.15, -0.1) is 0 Å². The van der Waals surface area contributed by atoms with Crippen LogP contribution in [-0.4, -0.2) is 36.8 Å². The molecule has 3 N–H and O–H groups in total. The van der Waals surface area contributed by atoms with Gasteiger partial charge in [0.25, 0.3) is 0 Å². The highest BCUT2D eigenvalue weighted by Crippen LogP contribution is 2.17. The lowest BCUT2D eigenvalue weighted by molar-refractivity contribution is -0.121. The average molecular weight is 384 g/mol. The third kappa shape index (κ3) is 9.16. The number of hydrogen-bond acceptors (Lipinski definition) is 4. The number of amides is 3. The van der Waals surface area contributed by atoms with E-state index in [-0.39, 0.29) is 11.9 Å². The van der Waals surface area contributed by atoms with Gasteiger partial charge >= 0.3 is 6.03 Å². The molecular weight excluding hydrogens is 354 g/mol. The second-order valence-corrected chi connectivity index (χ2v) is 8.26. The van der Waals surface area contributed by atoms with E-state index >= 15 is 0 Å². The van der Waals surface area contributed by atoms with E-state index in [0.29, 0.717) is 32.0 Å². The molecule has 1 aromatic heterocycles. The molecule has 5 nitrogen and oxygen atoms in total. The summed E-state index contributed by atoms with van der Waals surface area (Å²) in [6.07, 6.45) is 6.99. The quantitative estimate of drug-likeness (QED) is 0.542. The van der Waals surface area contributed by atoms with E-state index in [2.05, 4.69) is 32.8 Å². The Bertz CT molecular complexity index is 502. The summed E-state index contributed by atoms with van der Waals surface area (Å²) < 4.78 is 0. The summed E-state index contributed by atoms with van der Waals surface area (Å²) in [5.74, 6) is 1.98. The third-order valence-electron chi connectivity index (χ3n) is 4.22. The van der Waals surface area contributed by atoms with Gasteiger partial charge in [-0.2, -0.15) is 23.1 Å². The fraction of sp³-hybridized carbons (Fsp3) is 0.667. The maximum Gasteiger partial charge on any atom is 0.315 e. The summed E-state index contributed by atoms with van der Waals surface area (Å²) in [5, 5.41) is 13.0. The van der Waals surface area contributed by atoms with Crippen LogP contribution in [0.15, 0.2) is 16.8 Å². The van der Waals surface area contributed by atoms with E-state index in [1.54, 1.807) is 11.3 Å². The minimum Gasteiger partial charge on any atom is -0.355 e. The molecule has 0 spiro atoms. The Hall–Kier alpha value is -1.21. The van der Waals surface area contributed by atoms with Gasteiger partial charge in [-0.25, -0.2) is 4.79 Å². The van der Waals surface area contributed by atoms with Gasteiger partial charge in [0.1, 0.15) is 0 Å². The third-order valence-corrected chi connectivity index (χ3v) is 5.99. The zero-order chi connectivity index (χ0) is 17.7. The zero-order valence-corrected chi connectivity index (χ0v) is 16.4. The summed E-state index contributed by atoms with van der Waals surface area (Å²) in [6, 6.07) is 2.36. The Morgan fingerprint density at radius 1 is 1.16 bits per heavy atom. The van der Waals surface area contributed by atoms with E-state index < -0.39 is 0 Å². The van der Waals surface area contributed by atoms with Crippen molar-refractivity contribution in [3.8, 4) is 0 Å². The first kappa shape index (κ1) is 20.1. The normalized spacial score (nSPS) is 14.9. The van der Waals surface area contributed by atoms with Crippen molar-refractivity contribution in [2.45, 2.75) is 56.7 Å². The fourth-order valence-electron chi connectivity index (χ4n) is 2.85. The van der Waals surface area contributed by atoms with Crippen molar-refractivity contribution in [1.82, 2.24) is 16.0 Å². The molecule has 0 aliphatic heterocycles. The SMILES string of the molecule is O=C(CCCNC(=O)NC1CCCCC1)NCCSCc1ccsc1. The summed E-state index contributed by atoms with van der Waals surface area (Å²) >= 11 is 3.54. The topological polar surface area (TPSA) is 70.2 Å². The number of carbonyl (C=O) groups is 2. The largest absolute Gasteiger partial charge is 0.355 e. The van der Waals surface area contributed by atoms with E-state index in [9.17, 15) is 9.59 Å². The number of urea groups is 1. The van der Waals surface area contributed by atoms with Crippen molar-refractivity contribution < 1.29 is 9.59 Å². The highest BCUT2D eigenvalue weighted by atomic mass is 32.2. The van der Waals surface area contributed by atoms with Crippen LogP contribution in [0.3, 0.4) is 0 Å². The van der Waals surface area contributed by atoms with Crippen LogP contribution in [-0.2, 0) is 10.5 Å². The summed E-state index contributed by atoms with van der Waals surface area (Å²) in [7, 11) is 0. The molecule has 1 aliphatic rings. The van der Waals surface area contributed by atoms with Gasteiger partial charge in [0.05, 0.1) is 0 Å². The Labute approximate surface area is 158 Å². The number of rotatable bonds is 10. The van der Waals surface area contributed by atoms with Crippen LogP contribution >= 0.6 is 23.1 Å². The second-order valence-electron chi connectivity index (χ2n) is 6.37. The van der Waals surface area contributed by atoms with E-state index in [0.717, 1.165) is 24.3 Å². The molecule has 0 unspecified atom stereocenters. The minimum atomic E-state index is -0.0999. The van der Waals surface area contributed by atoms with Gasteiger partial charge in [0.15, 0.2) is 0 Å². The molecule has 3 amide bonds. The zero-order valence-electron chi connectivity index (χ0n) is 14.7. The molecule has 1 heterocycles. The van der Waals surface area contributed by atoms with Crippen LogP contribution in [0, 0.1) is 0 Å². The number of thioether (sulfide) groups is 1. The van der Waals surface area contributed by atoms with E-state index in [4.69, 9.17) is 0 Å². The molecule has 1 aliphatic carbocycles. The molecule has 0 radical (unpaired) electrons. The lowest BCUT2D eigenvalue weighted by atomic mass is 9.96. The Kier molecular flexibility index (Phi) is 9.81. The molecule has 0 bridgehead atoms. The molecule has 140 valence electrons. The van der Waals surface area contributed by atoms with Crippen molar-refractivity contribution in [2.24, 2.45) is 0 Å². The monoisotopic (exact) mass is 383 g/mol. The van der Waals surface area contributed by atoms with Crippen LogP contribution in [0.5, 0.6) is 0 Å². The molecule has 1 saturated carbocycles. The molecular formula is C18H29N3O2S2. The maximum atomic E-state index is 11.8. The predicted molar refractivity (Wildman–Crippen MR) is 106 cm³/mol. The molecule has 1 aromatic rings. The average Bonchev–Trinajstić information content (AvgIpc) is 3.13. The Balaban J connectivity index is 1.40. The van der Waals surface area contributed by atoms with Gasteiger partial charge in [0, 0.05) is 37.1 Å². The molecule has 7 heteroatoms. The number of thiophene rings is 1. The molecule has 1 fully saturated rings. The lowest BCUT2D eigenvalue weighted by Gasteiger charge is -2.22. The van der Waals surface area contributed by atoms with Crippen molar-refractivity contribution in [3.05, 3.63) is 22.4 Å².